The van der Waals surface area contributed by atoms with Crippen LogP contribution in [0.25, 0.3) is 0 Å². The van der Waals surface area contributed by atoms with Gasteiger partial charge < -0.3 is 10.2 Å². The van der Waals surface area contributed by atoms with Gasteiger partial charge in [0.15, 0.2) is 0 Å². The Morgan fingerprint density at radius 1 is 1.00 bits per heavy atom. The quantitative estimate of drug-likeness (QED) is 0.904. The van der Waals surface area contributed by atoms with Gasteiger partial charge in [-0.05, 0) is 30.0 Å². The van der Waals surface area contributed by atoms with Crippen molar-refractivity contribution < 1.29 is 9.59 Å². The zero-order valence-corrected chi connectivity index (χ0v) is 14.7. The number of anilines is 1. The number of hydrogen-bond acceptors (Lipinski definition) is 2. The van der Waals surface area contributed by atoms with Crippen LogP contribution in [-0.4, -0.2) is 29.3 Å². The van der Waals surface area contributed by atoms with Crippen LogP contribution in [0.4, 0.5) is 5.69 Å². The summed E-state index contributed by atoms with van der Waals surface area (Å²) in [5.41, 5.74) is 2.22. The molecule has 2 aromatic carbocycles. The van der Waals surface area contributed by atoms with Crippen molar-refractivity contribution in [3.8, 4) is 0 Å². The Kier molecular flexibility index (Phi) is 5.17. The van der Waals surface area contributed by atoms with E-state index in [1.807, 2.05) is 42.5 Å². The van der Waals surface area contributed by atoms with Crippen molar-refractivity contribution in [2.24, 2.45) is 5.92 Å². The minimum absolute atomic E-state index is 0.0736. The van der Waals surface area contributed by atoms with E-state index in [1.54, 1.807) is 17.0 Å². The van der Waals surface area contributed by atoms with E-state index >= 15 is 0 Å². The fourth-order valence-electron chi connectivity index (χ4n) is 3.13. The van der Waals surface area contributed by atoms with E-state index < -0.39 is 6.04 Å². The molecule has 0 aliphatic carbocycles. The van der Waals surface area contributed by atoms with E-state index in [0.29, 0.717) is 30.1 Å². The highest BCUT2D eigenvalue weighted by molar-refractivity contribution is 6.09. The second-order valence-corrected chi connectivity index (χ2v) is 6.92. The molecule has 25 heavy (non-hydrogen) atoms. The van der Waals surface area contributed by atoms with E-state index in [1.165, 1.54) is 0 Å². The SMILES string of the molecule is CC(C)CCN1C(=O)c2ccccc2NC(=O)C1Cc1ccccc1. The average molecular weight is 336 g/mol. The number of amides is 2. The van der Waals surface area contributed by atoms with Crippen LogP contribution in [0.5, 0.6) is 0 Å². The van der Waals surface area contributed by atoms with Crippen LogP contribution >= 0.6 is 0 Å². The molecule has 1 unspecified atom stereocenters. The lowest BCUT2D eigenvalue weighted by Crippen LogP contribution is -2.47. The Morgan fingerprint density at radius 3 is 2.40 bits per heavy atom. The number of nitrogens with zero attached hydrogens (tertiary/aromatic N) is 1. The zero-order chi connectivity index (χ0) is 17.8. The van der Waals surface area contributed by atoms with Gasteiger partial charge in [-0.2, -0.15) is 0 Å². The van der Waals surface area contributed by atoms with Crippen LogP contribution in [0, 0.1) is 5.92 Å². The lowest BCUT2D eigenvalue weighted by Gasteiger charge is -2.29. The molecule has 0 fully saturated rings. The van der Waals surface area contributed by atoms with Crippen molar-refractivity contribution in [2.45, 2.75) is 32.7 Å². The average Bonchev–Trinajstić information content (AvgIpc) is 2.70. The van der Waals surface area contributed by atoms with E-state index in [9.17, 15) is 9.59 Å². The van der Waals surface area contributed by atoms with Crippen LogP contribution in [0.2, 0.25) is 0 Å². The maximum atomic E-state index is 13.1. The predicted molar refractivity (Wildman–Crippen MR) is 99.5 cm³/mol. The van der Waals surface area contributed by atoms with Gasteiger partial charge in [-0.1, -0.05) is 56.3 Å². The van der Waals surface area contributed by atoms with Crippen molar-refractivity contribution in [1.82, 2.24) is 4.90 Å². The molecule has 2 aromatic rings. The monoisotopic (exact) mass is 336 g/mol. The number of nitrogens with one attached hydrogen (secondary N) is 1. The van der Waals surface area contributed by atoms with E-state index in [2.05, 4.69) is 19.2 Å². The molecular weight excluding hydrogens is 312 g/mol. The maximum Gasteiger partial charge on any atom is 0.256 e. The molecule has 4 nitrogen and oxygen atoms in total. The number of hydrogen-bond donors (Lipinski definition) is 1. The number of carbonyl (C=O) groups is 2. The fraction of sp³-hybridized carbons (Fsp3) is 0.333. The Morgan fingerprint density at radius 2 is 1.68 bits per heavy atom. The number of carbonyl (C=O) groups excluding carboxylic acids is 2. The molecule has 3 rings (SSSR count). The number of benzene rings is 2. The normalized spacial score (nSPS) is 17.2. The molecule has 0 saturated heterocycles. The lowest BCUT2D eigenvalue weighted by atomic mass is 10.0. The maximum absolute atomic E-state index is 13.1. The molecule has 130 valence electrons. The number of rotatable bonds is 5. The summed E-state index contributed by atoms with van der Waals surface area (Å²) in [4.78, 5) is 27.8. The van der Waals surface area contributed by atoms with Crippen LogP contribution in [0.1, 0.15) is 36.2 Å². The third-order valence-corrected chi connectivity index (χ3v) is 4.57. The summed E-state index contributed by atoms with van der Waals surface area (Å²) in [7, 11) is 0. The molecule has 0 spiro atoms. The molecule has 0 bridgehead atoms. The van der Waals surface area contributed by atoms with Crippen molar-refractivity contribution in [3.05, 3.63) is 65.7 Å². The summed E-state index contributed by atoms with van der Waals surface area (Å²) in [6, 6.07) is 16.6. The van der Waals surface area contributed by atoms with Crippen molar-refractivity contribution in [1.29, 1.82) is 0 Å². The highest BCUT2D eigenvalue weighted by Crippen LogP contribution is 2.25. The third-order valence-electron chi connectivity index (χ3n) is 4.57. The molecule has 1 atom stereocenters. The fourth-order valence-corrected chi connectivity index (χ4v) is 3.13. The van der Waals surface area contributed by atoms with E-state index in [4.69, 9.17) is 0 Å². The highest BCUT2D eigenvalue weighted by atomic mass is 16.2. The first-order valence-corrected chi connectivity index (χ1v) is 8.81. The first-order chi connectivity index (χ1) is 12.1. The first kappa shape index (κ1) is 17.2. The topological polar surface area (TPSA) is 49.4 Å². The predicted octanol–water partition coefficient (Wildman–Crippen LogP) is 3.74. The Hall–Kier alpha value is -2.62. The summed E-state index contributed by atoms with van der Waals surface area (Å²) in [6.07, 6.45) is 1.39. The molecule has 2 amide bonds. The standard InChI is InChI=1S/C21H24N2O2/c1-15(2)12-13-23-19(14-16-8-4-3-5-9-16)20(24)22-18-11-7-6-10-17(18)21(23)25/h3-11,15,19H,12-14H2,1-2H3,(H,22,24). The Bertz CT molecular complexity index is 756. The molecule has 1 aliphatic rings. The third kappa shape index (κ3) is 3.90. The number of para-hydroxylation sites is 1. The van der Waals surface area contributed by atoms with E-state index in [-0.39, 0.29) is 11.8 Å². The minimum Gasteiger partial charge on any atom is -0.326 e. The summed E-state index contributed by atoms with van der Waals surface area (Å²) < 4.78 is 0. The van der Waals surface area contributed by atoms with Crippen molar-refractivity contribution >= 4 is 17.5 Å². The van der Waals surface area contributed by atoms with Gasteiger partial charge in [0.05, 0.1) is 11.3 Å². The molecule has 1 N–H and O–H groups in total. The van der Waals surface area contributed by atoms with Gasteiger partial charge in [-0.3, -0.25) is 9.59 Å². The molecule has 1 heterocycles. The van der Waals surface area contributed by atoms with Crippen molar-refractivity contribution in [2.75, 3.05) is 11.9 Å². The highest BCUT2D eigenvalue weighted by Gasteiger charge is 2.35. The summed E-state index contributed by atoms with van der Waals surface area (Å²) in [5.74, 6) is 0.271. The number of fused-ring (bicyclic) bond motifs is 1. The van der Waals surface area contributed by atoms with Crippen LogP contribution in [0.15, 0.2) is 54.6 Å². The Balaban J connectivity index is 1.95. The zero-order valence-electron chi connectivity index (χ0n) is 14.7. The van der Waals surface area contributed by atoms with Gasteiger partial charge in [0.25, 0.3) is 5.91 Å². The van der Waals surface area contributed by atoms with Crippen LogP contribution in [0.3, 0.4) is 0 Å². The molecule has 4 heteroatoms. The van der Waals surface area contributed by atoms with Gasteiger partial charge in [0.2, 0.25) is 5.91 Å². The molecule has 0 aromatic heterocycles. The van der Waals surface area contributed by atoms with Gasteiger partial charge >= 0.3 is 0 Å². The summed E-state index contributed by atoms with van der Waals surface area (Å²) >= 11 is 0. The second kappa shape index (κ2) is 7.51. The van der Waals surface area contributed by atoms with Crippen LogP contribution < -0.4 is 5.32 Å². The van der Waals surface area contributed by atoms with E-state index in [0.717, 1.165) is 12.0 Å². The van der Waals surface area contributed by atoms with Gasteiger partial charge in [-0.25, -0.2) is 0 Å². The minimum atomic E-state index is -0.499. The Labute approximate surface area is 148 Å². The molecule has 0 radical (unpaired) electrons. The summed E-state index contributed by atoms with van der Waals surface area (Å²) in [5, 5.41) is 2.94. The largest absolute Gasteiger partial charge is 0.326 e. The summed E-state index contributed by atoms with van der Waals surface area (Å²) in [6.45, 7) is 4.83. The smallest absolute Gasteiger partial charge is 0.256 e. The van der Waals surface area contributed by atoms with Crippen LogP contribution in [-0.2, 0) is 11.2 Å². The van der Waals surface area contributed by atoms with Crippen molar-refractivity contribution in [3.63, 3.8) is 0 Å². The first-order valence-electron chi connectivity index (χ1n) is 8.81. The second-order valence-electron chi connectivity index (χ2n) is 6.92. The van der Waals surface area contributed by atoms with Gasteiger partial charge in [0, 0.05) is 13.0 Å². The lowest BCUT2D eigenvalue weighted by molar-refractivity contribution is -0.120. The molecule has 1 aliphatic heterocycles. The van der Waals surface area contributed by atoms with Gasteiger partial charge in [0.1, 0.15) is 6.04 Å². The molecule has 0 saturated carbocycles. The van der Waals surface area contributed by atoms with Gasteiger partial charge in [-0.15, -0.1) is 0 Å². The molecular formula is C21H24N2O2.